The molecule has 2 saturated heterocycles. The van der Waals surface area contributed by atoms with E-state index in [1.54, 1.807) is 4.68 Å². The molecule has 2 fully saturated rings. The van der Waals surface area contributed by atoms with Crippen molar-refractivity contribution in [3.8, 4) is 0 Å². The van der Waals surface area contributed by atoms with Crippen LogP contribution in [0.1, 0.15) is 55.2 Å². The van der Waals surface area contributed by atoms with Crippen LogP contribution >= 0.6 is 0 Å². The number of hydrogen-bond donors (Lipinski definition) is 0. The Kier molecular flexibility index (Phi) is 5.02. The topological polar surface area (TPSA) is 56.6 Å². The molecular weight excluding hydrogens is 294 g/mol. The first-order chi connectivity index (χ1) is 11.1. The highest BCUT2D eigenvalue weighted by Gasteiger charge is 2.32. The fraction of sp³-hybridized carbons (Fsp3) is 0.765. The predicted octanol–water partition coefficient (Wildman–Crippen LogP) is 1.95. The molecule has 1 aromatic rings. The Bertz CT molecular complexity index is 543. The lowest BCUT2D eigenvalue weighted by Crippen LogP contribution is -2.45. The van der Waals surface area contributed by atoms with Gasteiger partial charge in [0.2, 0.25) is 0 Å². The molecular formula is C17H27N3O3. The Hall–Kier alpha value is -1.40. The molecule has 1 unspecified atom stereocenters. The second kappa shape index (κ2) is 7.01. The van der Waals surface area contributed by atoms with Gasteiger partial charge in [-0.1, -0.05) is 0 Å². The second-order valence-electron chi connectivity index (χ2n) is 6.79. The van der Waals surface area contributed by atoms with E-state index in [1.165, 1.54) is 0 Å². The first-order valence-electron chi connectivity index (χ1n) is 8.60. The third-order valence-electron chi connectivity index (χ3n) is 4.85. The summed E-state index contributed by atoms with van der Waals surface area (Å²) in [6, 6.07) is 2.29. The maximum absolute atomic E-state index is 13.1. The van der Waals surface area contributed by atoms with Gasteiger partial charge in [-0.05, 0) is 39.2 Å². The minimum absolute atomic E-state index is 0.0591. The van der Waals surface area contributed by atoms with Gasteiger partial charge in [-0.3, -0.25) is 9.48 Å². The van der Waals surface area contributed by atoms with Gasteiger partial charge in [-0.25, -0.2) is 0 Å². The van der Waals surface area contributed by atoms with Gasteiger partial charge in [-0.2, -0.15) is 5.10 Å². The molecule has 0 saturated carbocycles. The normalized spacial score (nSPS) is 22.7. The molecule has 0 N–H and O–H groups in total. The van der Waals surface area contributed by atoms with Crippen molar-refractivity contribution >= 4 is 5.91 Å². The van der Waals surface area contributed by atoms with Gasteiger partial charge in [0.05, 0.1) is 18.3 Å². The largest absolute Gasteiger partial charge is 0.381 e. The smallest absolute Gasteiger partial charge is 0.272 e. The highest BCUT2D eigenvalue weighted by atomic mass is 16.5. The quantitative estimate of drug-likeness (QED) is 0.850. The van der Waals surface area contributed by atoms with E-state index in [2.05, 4.69) is 18.9 Å². The molecule has 1 aromatic heterocycles. The number of amides is 1. The molecule has 0 aromatic carbocycles. The van der Waals surface area contributed by atoms with E-state index in [9.17, 15) is 4.79 Å². The van der Waals surface area contributed by atoms with Crippen molar-refractivity contribution in [1.29, 1.82) is 0 Å². The average molecular weight is 321 g/mol. The van der Waals surface area contributed by atoms with Crippen LogP contribution in [0.2, 0.25) is 0 Å². The zero-order valence-corrected chi connectivity index (χ0v) is 14.3. The first-order valence-corrected chi connectivity index (χ1v) is 8.60. The van der Waals surface area contributed by atoms with Gasteiger partial charge >= 0.3 is 0 Å². The van der Waals surface area contributed by atoms with Crippen molar-refractivity contribution in [1.82, 2.24) is 14.7 Å². The summed E-state index contributed by atoms with van der Waals surface area (Å²) < 4.78 is 12.6. The van der Waals surface area contributed by atoms with Crippen molar-refractivity contribution in [2.45, 2.75) is 51.1 Å². The van der Waals surface area contributed by atoms with Gasteiger partial charge in [0.15, 0.2) is 0 Å². The summed E-state index contributed by atoms with van der Waals surface area (Å²) in [5.41, 5.74) is 1.69. The molecule has 0 aliphatic carbocycles. The van der Waals surface area contributed by atoms with Crippen LogP contribution in [0.4, 0.5) is 0 Å². The van der Waals surface area contributed by atoms with Crippen molar-refractivity contribution in [3.63, 3.8) is 0 Å². The lowest BCUT2D eigenvalue weighted by Gasteiger charge is -2.31. The molecule has 1 amide bonds. The average Bonchev–Trinajstić information content (AvgIpc) is 3.18. The SMILES string of the molecule is CC(C)N(C(=O)c1cc(C2CCOCC2)nn1C)C1CCOC1. The number of carbonyl (C=O) groups excluding carboxylic acids is 1. The van der Waals surface area contributed by atoms with Gasteiger partial charge in [0.25, 0.3) is 5.91 Å². The van der Waals surface area contributed by atoms with Crippen LogP contribution in [-0.2, 0) is 16.5 Å². The van der Waals surface area contributed by atoms with Crippen LogP contribution in [0.3, 0.4) is 0 Å². The van der Waals surface area contributed by atoms with Crippen LogP contribution in [0.25, 0.3) is 0 Å². The van der Waals surface area contributed by atoms with Gasteiger partial charge in [0, 0.05) is 38.8 Å². The molecule has 0 radical (unpaired) electrons. The Morgan fingerprint density at radius 3 is 2.57 bits per heavy atom. The van der Waals surface area contributed by atoms with Gasteiger partial charge in [0.1, 0.15) is 5.69 Å². The summed E-state index contributed by atoms with van der Waals surface area (Å²) in [5, 5.41) is 4.61. The minimum atomic E-state index is 0.0591. The van der Waals surface area contributed by atoms with E-state index in [-0.39, 0.29) is 18.0 Å². The molecule has 0 spiro atoms. The van der Waals surface area contributed by atoms with E-state index >= 15 is 0 Å². The van der Waals surface area contributed by atoms with Crippen LogP contribution in [-0.4, -0.2) is 59.1 Å². The van der Waals surface area contributed by atoms with Gasteiger partial charge < -0.3 is 14.4 Å². The zero-order chi connectivity index (χ0) is 16.4. The summed E-state index contributed by atoms with van der Waals surface area (Å²) in [6.07, 6.45) is 2.87. The Morgan fingerprint density at radius 2 is 1.96 bits per heavy atom. The van der Waals surface area contributed by atoms with Crippen molar-refractivity contribution in [2.24, 2.45) is 7.05 Å². The molecule has 0 bridgehead atoms. The fourth-order valence-corrected chi connectivity index (χ4v) is 3.58. The second-order valence-corrected chi connectivity index (χ2v) is 6.79. The van der Waals surface area contributed by atoms with E-state index in [0.29, 0.717) is 18.2 Å². The number of hydrogen-bond acceptors (Lipinski definition) is 4. The molecule has 2 aliphatic heterocycles. The number of aromatic nitrogens is 2. The highest BCUT2D eigenvalue weighted by molar-refractivity contribution is 5.93. The molecule has 6 heteroatoms. The van der Waals surface area contributed by atoms with E-state index in [4.69, 9.17) is 9.47 Å². The third kappa shape index (κ3) is 3.43. The molecule has 3 heterocycles. The number of carbonyl (C=O) groups is 1. The van der Waals surface area contributed by atoms with Crippen molar-refractivity contribution in [3.05, 3.63) is 17.5 Å². The van der Waals surface area contributed by atoms with Crippen molar-refractivity contribution in [2.75, 3.05) is 26.4 Å². The predicted molar refractivity (Wildman–Crippen MR) is 86.5 cm³/mol. The number of nitrogens with zero attached hydrogens (tertiary/aromatic N) is 3. The van der Waals surface area contributed by atoms with Crippen LogP contribution < -0.4 is 0 Å². The Balaban J connectivity index is 1.81. The number of ether oxygens (including phenoxy) is 2. The Labute approximate surface area is 137 Å². The molecule has 128 valence electrons. The monoisotopic (exact) mass is 321 g/mol. The number of rotatable bonds is 4. The zero-order valence-electron chi connectivity index (χ0n) is 14.3. The van der Waals surface area contributed by atoms with Crippen LogP contribution in [0.15, 0.2) is 6.07 Å². The van der Waals surface area contributed by atoms with E-state index < -0.39 is 0 Å². The molecule has 1 atom stereocenters. The van der Waals surface area contributed by atoms with E-state index in [0.717, 1.165) is 44.8 Å². The lowest BCUT2D eigenvalue weighted by atomic mass is 9.96. The summed E-state index contributed by atoms with van der Waals surface area (Å²) in [4.78, 5) is 15.0. The Morgan fingerprint density at radius 1 is 1.26 bits per heavy atom. The third-order valence-corrected chi connectivity index (χ3v) is 4.85. The molecule has 3 rings (SSSR count). The molecule has 6 nitrogen and oxygen atoms in total. The molecule has 23 heavy (non-hydrogen) atoms. The standard InChI is InChI=1S/C17H27N3O3/c1-12(2)20(14-6-9-23-11-14)17(21)16-10-15(18-19(16)3)13-4-7-22-8-5-13/h10,12-14H,4-9,11H2,1-3H3. The first kappa shape index (κ1) is 16.5. The van der Waals surface area contributed by atoms with E-state index in [1.807, 2.05) is 18.0 Å². The maximum atomic E-state index is 13.1. The van der Waals surface area contributed by atoms with Crippen LogP contribution in [0, 0.1) is 0 Å². The lowest BCUT2D eigenvalue weighted by molar-refractivity contribution is 0.0570. The fourth-order valence-electron chi connectivity index (χ4n) is 3.58. The molecule has 2 aliphatic rings. The number of aryl methyl sites for hydroxylation is 1. The maximum Gasteiger partial charge on any atom is 0.272 e. The van der Waals surface area contributed by atoms with Gasteiger partial charge in [-0.15, -0.1) is 0 Å². The summed E-state index contributed by atoms with van der Waals surface area (Å²) in [7, 11) is 1.86. The minimum Gasteiger partial charge on any atom is -0.381 e. The summed E-state index contributed by atoms with van der Waals surface area (Å²) in [6.45, 7) is 7.05. The highest BCUT2D eigenvalue weighted by Crippen LogP contribution is 2.27. The summed E-state index contributed by atoms with van der Waals surface area (Å²) >= 11 is 0. The van der Waals surface area contributed by atoms with Crippen LogP contribution in [0.5, 0.6) is 0 Å². The van der Waals surface area contributed by atoms with Crippen molar-refractivity contribution < 1.29 is 14.3 Å². The summed E-state index contributed by atoms with van der Waals surface area (Å²) in [5.74, 6) is 0.461.